The molecule has 1 unspecified atom stereocenters. The zero-order valence-corrected chi connectivity index (χ0v) is 5.98. The van der Waals surface area contributed by atoms with Gasteiger partial charge in [-0.1, -0.05) is 0 Å². The maximum Gasteiger partial charge on any atom is 0.230 e. The molecule has 0 rings (SSSR count). The molecule has 56 valence electrons. The van der Waals surface area contributed by atoms with Gasteiger partial charge in [0.05, 0.1) is 0 Å². The van der Waals surface area contributed by atoms with Gasteiger partial charge in [-0.15, -0.1) is 0 Å². The minimum absolute atomic E-state index is 0. The summed E-state index contributed by atoms with van der Waals surface area (Å²) in [4.78, 5) is 8.58. The van der Waals surface area contributed by atoms with E-state index in [0.717, 1.165) is 0 Å². The molecular formula is C4H11FNO2P. The second-order valence-corrected chi connectivity index (χ2v) is 4.21. The molecule has 0 aromatic carbocycles. The summed E-state index contributed by atoms with van der Waals surface area (Å²) in [6.07, 6.45) is -0.718. The van der Waals surface area contributed by atoms with Crippen LogP contribution in [0.25, 0.3) is 0 Å². The molecular weight excluding hydrogens is 144 g/mol. The summed E-state index contributed by atoms with van der Waals surface area (Å²) in [5, 5.41) is 0. The molecule has 0 bridgehead atoms. The topological polar surface area (TPSA) is 63.3 Å². The second kappa shape index (κ2) is 3.99. The molecule has 0 fully saturated rings. The van der Waals surface area contributed by atoms with Crippen molar-refractivity contribution in [1.29, 1.82) is 0 Å². The van der Waals surface area contributed by atoms with Gasteiger partial charge in [0.15, 0.2) is 6.42 Å². The lowest BCUT2D eigenvalue weighted by molar-refractivity contribution is 0.441. The highest BCUT2D eigenvalue weighted by atomic mass is 31.2. The Balaban J connectivity index is 3.46. The first kappa shape index (κ1) is 9.08. The van der Waals surface area contributed by atoms with Crippen LogP contribution in [0.4, 0.5) is 4.39 Å². The molecule has 0 aliphatic heterocycles. The van der Waals surface area contributed by atoms with Crippen LogP contribution in [0.5, 0.6) is 0 Å². The van der Waals surface area contributed by atoms with E-state index in [-0.39, 0.29) is 6.16 Å². The maximum atomic E-state index is 11.5. The fourth-order valence-electron chi connectivity index (χ4n) is 0.398. The lowest BCUT2D eigenvalue weighted by atomic mass is 10.5. The van der Waals surface area contributed by atoms with Gasteiger partial charge in [-0.25, -0.2) is 4.39 Å². The number of nitrogens with two attached hydrogens (primary N) is 1. The third kappa shape index (κ3) is 4.58. The zero-order valence-electron chi connectivity index (χ0n) is 5.09. The predicted molar refractivity (Wildman–Crippen MR) is 34.3 cm³/mol. The first-order valence-corrected chi connectivity index (χ1v) is 4.72. The summed E-state index contributed by atoms with van der Waals surface area (Å²) < 4.78 is 22.0. The van der Waals surface area contributed by atoms with E-state index in [1.54, 1.807) is 0 Å². The van der Waals surface area contributed by atoms with Gasteiger partial charge in [0.25, 0.3) is 0 Å². The lowest BCUT2D eigenvalue weighted by Gasteiger charge is -2.03. The Hall–Kier alpha value is 0.0800. The van der Waals surface area contributed by atoms with Crippen LogP contribution in [0.2, 0.25) is 0 Å². The average Bonchev–Trinajstić information content (AvgIpc) is 1.84. The van der Waals surface area contributed by atoms with E-state index in [2.05, 4.69) is 0 Å². The van der Waals surface area contributed by atoms with Crippen molar-refractivity contribution >= 4 is 7.37 Å². The van der Waals surface area contributed by atoms with Gasteiger partial charge >= 0.3 is 0 Å². The van der Waals surface area contributed by atoms with Crippen molar-refractivity contribution < 1.29 is 13.8 Å². The molecule has 0 aromatic heterocycles. The van der Waals surface area contributed by atoms with Crippen LogP contribution in [0.15, 0.2) is 0 Å². The van der Waals surface area contributed by atoms with Gasteiger partial charge in [0, 0.05) is 6.16 Å². The van der Waals surface area contributed by atoms with E-state index in [9.17, 15) is 8.96 Å². The molecule has 3 N–H and O–H groups in total. The van der Waals surface area contributed by atoms with Crippen LogP contribution in [0, 0.1) is 0 Å². The van der Waals surface area contributed by atoms with Crippen LogP contribution < -0.4 is 5.73 Å². The molecule has 0 aromatic rings. The van der Waals surface area contributed by atoms with E-state index in [4.69, 9.17) is 10.6 Å². The Labute approximate surface area is 53.5 Å². The van der Waals surface area contributed by atoms with Crippen molar-refractivity contribution in [1.82, 2.24) is 0 Å². The highest BCUT2D eigenvalue weighted by molar-refractivity contribution is 7.57. The summed E-state index contributed by atoms with van der Waals surface area (Å²) in [5.74, 6) is 0. The van der Waals surface area contributed by atoms with Crippen LogP contribution in [0.1, 0.15) is 6.42 Å². The Kier molecular flexibility index (Phi) is 4.02. The van der Waals surface area contributed by atoms with E-state index in [1.165, 1.54) is 0 Å². The third-order valence-electron chi connectivity index (χ3n) is 0.898. The van der Waals surface area contributed by atoms with Crippen LogP contribution in [-0.4, -0.2) is 24.0 Å². The smallest absolute Gasteiger partial charge is 0.230 e. The average molecular weight is 155 g/mol. The summed E-state index contributed by atoms with van der Waals surface area (Å²) >= 11 is 0. The molecule has 9 heavy (non-hydrogen) atoms. The highest BCUT2D eigenvalue weighted by Gasteiger charge is 2.15. The lowest BCUT2D eigenvalue weighted by Crippen LogP contribution is -2.02. The first-order valence-electron chi connectivity index (χ1n) is 2.69. The monoisotopic (exact) mass is 155 g/mol. The molecule has 0 heterocycles. The van der Waals surface area contributed by atoms with Crippen LogP contribution in [-0.2, 0) is 4.57 Å². The van der Waals surface area contributed by atoms with Crippen molar-refractivity contribution in [2.24, 2.45) is 5.73 Å². The quantitative estimate of drug-likeness (QED) is 0.582. The van der Waals surface area contributed by atoms with Gasteiger partial charge in [0.2, 0.25) is 7.37 Å². The number of hydrogen-bond donors (Lipinski definition) is 2. The van der Waals surface area contributed by atoms with Gasteiger partial charge < -0.3 is 10.6 Å². The Morgan fingerprint density at radius 3 is 2.56 bits per heavy atom. The molecule has 0 radical (unpaired) electrons. The van der Waals surface area contributed by atoms with Crippen molar-refractivity contribution in [2.45, 2.75) is 6.42 Å². The molecule has 0 spiro atoms. The van der Waals surface area contributed by atoms with Gasteiger partial charge in [-0.3, -0.25) is 4.57 Å². The van der Waals surface area contributed by atoms with Crippen molar-refractivity contribution in [3.8, 4) is 0 Å². The van der Waals surface area contributed by atoms with E-state index < -0.39 is 13.8 Å². The van der Waals surface area contributed by atoms with Crippen LogP contribution >= 0.6 is 7.37 Å². The molecule has 0 saturated heterocycles. The van der Waals surface area contributed by atoms with E-state index in [0.29, 0.717) is 13.0 Å². The maximum absolute atomic E-state index is 11.5. The molecule has 5 heteroatoms. The molecule has 3 nitrogen and oxygen atoms in total. The normalized spacial score (nSPS) is 17.2. The number of rotatable bonds is 4. The minimum atomic E-state index is -3.44. The fourth-order valence-corrected chi connectivity index (χ4v) is 1.19. The van der Waals surface area contributed by atoms with Gasteiger partial charge in [-0.2, -0.15) is 0 Å². The second-order valence-electron chi connectivity index (χ2n) is 1.83. The largest absolute Gasteiger partial charge is 0.343 e. The Morgan fingerprint density at radius 1 is 1.67 bits per heavy atom. The van der Waals surface area contributed by atoms with Crippen LogP contribution in [0.3, 0.4) is 0 Å². The van der Waals surface area contributed by atoms with Gasteiger partial charge in [0.1, 0.15) is 0 Å². The Morgan fingerprint density at radius 2 is 2.22 bits per heavy atom. The zero-order chi connectivity index (χ0) is 7.33. The van der Waals surface area contributed by atoms with Crippen molar-refractivity contribution in [2.75, 3.05) is 19.1 Å². The predicted octanol–water partition coefficient (Wildman–Crippen LogP) is 0.533. The fraction of sp³-hybridized carbons (Fsp3) is 1.00. The van der Waals surface area contributed by atoms with Crippen molar-refractivity contribution in [3.63, 3.8) is 0 Å². The summed E-state index contributed by atoms with van der Waals surface area (Å²) in [6, 6.07) is 0. The van der Waals surface area contributed by atoms with Gasteiger partial charge in [-0.05, 0) is 13.0 Å². The molecule has 0 aliphatic carbocycles. The standard InChI is InChI=1S/C4H11FNO2P/c5-4-9(7,8)3-1-2-6/h1-4,6H2,(H,7,8). The van der Waals surface area contributed by atoms with E-state index >= 15 is 0 Å². The third-order valence-corrected chi connectivity index (χ3v) is 2.29. The number of hydrogen-bond acceptors (Lipinski definition) is 2. The summed E-state index contributed by atoms with van der Waals surface area (Å²) in [6.45, 7) is 0.338. The molecule has 0 saturated carbocycles. The number of halogens is 1. The SMILES string of the molecule is NCCCP(=O)(O)CF. The summed E-state index contributed by atoms with van der Waals surface area (Å²) in [5.41, 5.74) is 5.04. The summed E-state index contributed by atoms with van der Waals surface area (Å²) in [7, 11) is -3.44. The molecule has 1 atom stereocenters. The highest BCUT2D eigenvalue weighted by Crippen LogP contribution is 2.40. The Bertz CT molecular complexity index is 119. The van der Waals surface area contributed by atoms with E-state index in [1.807, 2.05) is 0 Å². The molecule has 0 aliphatic rings. The van der Waals surface area contributed by atoms with Crippen molar-refractivity contribution in [3.05, 3.63) is 0 Å². The molecule has 0 amide bonds. The first-order chi connectivity index (χ1) is 4.12. The number of alkyl halides is 1. The minimum Gasteiger partial charge on any atom is -0.343 e.